The van der Waals surface area contributed by atoms with Gasteiger partial charge in [-0.15, -0.1) is 0 Å². The van der Waals surface area contributed by atoms with Gasteiger partial charge in [0.15, 0.2) is 5.65 Å². The summed E-state index contributed by atoms with van der Waals surface area (Å²) in [7, 11) is 3.20. The van der Waals surface area contributed by atoms with Crippen LogP contribution in [0.5, 0.6) is 11.6 Å². The topological polar surface area (TPSA) is 94.9 Å². The van der Waals surface area contributed by atoms with Crippen LogP contribution in [0.1, 0.15) is 5.56 Å². The standard InChI is InChI=1S/C18H15N5O2/c1-23(2)18(24)13(10-19)8-12-4-3-5-14(9-12)25-16-11-21-17-15(22-16)6-7-20-17/h3-9,11H,1-2H3,(H,20,21). The monoisotopic (exact) mass is 333 g/mol. The van der Waals surface area contributed by atoms with Gasteiger partial charge in [0.1, 0.15) is 22.9 Å². The molecule has 7 heteroatoms. The second kappa shape index (κ2) is 6.84. The van der Waals surface area contributed by atoms with Gasteiger partial charge in [0.2, 0.25) is 5.88 Å². The van der Waals surface area contributed by atoms with Crippen molar-refractivity contribution in [3.8, 4) is 17.7 Å². The molecule has 2 heterocycles. The first-order valence-electron chi connectivity index (χ1n) is 7.48. The van der Waals surface area contributed by atoms with Crippen molar-refractivity contribution < 1.29 is 9.53 Å². The van der Waals surface area contributed by atoms with E-state index in [0.29, 0.717) is 28.4 Å². The average molecular weight is 333 g/mol. The van der Waals surface area contributed by atoms with E-state index in [4.69, 9.17) is 4.74 Å². The molecule has 0 aliphatic carbocycles. The molecule has 7 nitrogen and oxygen atoms in total. The summed E-state index contributed by atoms with van der Waals surface area (Å²) in [5.74, 6) is 0.545. The highest BCUT2D eigenvalue weighted by molar-refractivity contribution is 6.01. The zero-order valence-electron chi connectivity index (χ0n) is 13.7. The number of nitriles is 1. The van der Waals surface area contributed by atoms with E-state index in [9.17, 15) is 10.1 Å². The number of H-pyrrole nitrogens is 1. The predicted octanol–water partition coefficient (Wildman–Crippen LogP) is 2.75. The van der Waals surface area contributed by atoms with Crippen molar-refractivity contribution >= 4 is 23.1 Å². The number of nitrogens with zero attached hydrogens (tertiary/aromatic N) is 4. The minimum Gasteiger partial charge on any atom is -0.437 e. The van der Waals surface area contributed by atoms with Crippen LogP contribution in [0.25, 0.3) is 17.2 Å². The molecule has 0 spiro atoms. The normalized spacial score (nSPS) is 11.2. The number of fused-ring (bicyclic) bond motifs is 1. The molecule has 0 saturated heterocycles. The Balaban J connectivity index is 1.86. The highest BCUT2D eigenvalue weighted by atomic mass is 16.5. The van der Waals surface area contributed by atoms with E-state index >= 15 is 0 Å². The number of benzene rings is 1. The summed E-state index contributed by atoms with van der Waals surface area (Å²) in [5, 5.41) is 9.17. The number of carbonyl (C=O) groups is 1. The summed E-state index contributed by atoms with van der Waals surface area (Å²) in [5.41, 5.74) is 2.12. The molecule has 1 N–H and O–H groups in total. The van der Waals surface area contributed by atoms with Gasteiger partial charge < -0.3 is 14.6 Å². The van der Waals surface area contributed by atoms with Gasteiger partial charge in [-0.3, -0.25) is 4.79 Å². The van der Waals surface area contributed by atoms with Crippen molar-refractivity contribution in [2.75, 3.05) is 14.1 Å². The van der Waals surface area contributed by atoms with Gasteiger partial charge in [0, 0.05) is 20.3 Å². The van der Waals surface area contributed by atoms with Crippen molar-refractivity contribution in [2.45, 2.75) is 0 Å². The maximum absolute atomic E-state index is 11.9. The predicted molar refractivity (Wildman–Crippen MR) is 92.7 cm³/mol. The van der Waals surface area contributed by atoms with E-state index in [0.717, 1.165) is 0 Å². The Morgan fingerprint density at radius 1 is 1.36 bits per heavy atom. The maximum atomic E-state index is 11.9. The Hall–Kier alpha value is -3.66. The number of ether oxygens (including phenoxy) is 1. The van der Waals surface area contributed by atoms with Crippen LogP contribution in [0.4, 0.5) is 0 Å². The Morgan fingerprint density at radius 2 is 2.20 bits per heavy atom. The number of nitrogens with one attached hydrogen (secondary N) is 1. The van der Waals surface area contributed by atoms with Gasteiger partial charge in [-0.05, 0) is 29.8 Å². The number of carbonyl (C=O) groups excluding carboxylic acids is 1. The van der Waals surface area contributed by atoms with E-state index in [1.807, 2.05) is 6.07 Å². The van der Waals surface area contributed by atoms with Crippen LogP contribution in [0, 0.1) is 11.3 Å². The van der Waals surface area contributed by atoms with Crippen LogP contribution >= 0.6 is 0 Å². The van der Waals surface area contributed by atoms with Crippen LogP contribution in [0.2, 0.25) is 0 Å². The van der Waals surface area contributed by atoms with Crippen molar-refractivity contribution in [3.63, 3.8) is 0 Å². The molecule has 0 radical (unpaired) electrons. The van der Waals surface area contributed by atoms with Crippen LogP contribution < -0.4 is 4.74 Å². The minimum atomic E-state index is -0.349. The molecular weight excluding hydrogens is 318 g/mol. The highest BCUT2D eigenvalue weighted by Crippen LogP contribution is 2.22. The van der Waals surface area contributed by atoms with Crippen molar-refractivity contribution in [3.05, 3.63) is 53.9 Å². The number of likely N-dealkylation sites (N-methyl/N-ethyl adjacent to an activating group) is 1. The lowest BCUT2D eigenvalue weighted by Crippen LogP contribution is -2.22. The van der Waals surface area contributed by atoms with Gasteiger partial charge in [0.25, 0.3) is 5.91 Å². The number of aromatic amines is 1. The van der Waals surface area contributed by atoms with Crippen molar-refractivity contribution in [1.82, 2.24) is 19.9 Å². The molecule has 0 aliphatic rings. The minimum absolute atomic E-state index is 0.0516. The first-order chi connectivity index (χ1) is 12.1. The Kier molecular flexibility index (Phi) is 4.44. The quantitative estimate of drug-likeness (QED) is 0.585. The SMILES string of the molecule is CN(C)C(=O)C(C#N)=Cc1cccc(Oc2cnc3[nH]ccc3n2)c1. The number of rotatable bonds is 4. The third-order valence-corrected chi connectivity index (χ3v) is 3.39. The Morgan fingerprint density at radius 3 is 2.96 bits per heavy atom. The van der Waals surface area contributed by atoms with Crippen LogP contribution in [0.3, 0.4) is 0 Å². The molecule has 25 heavy (non-hydrogen) atoms. The largest absolute Gasteiger partial charge is 0.437 e. The van der Waals surface area contributed by atoms with Crippen molar-refractivity contribution in [1.29, 1.82) is 5.26 Å². The molecule has 0 fully saturated rings. The Bertz CT molecular complexity index is 998. The average Bonchev–Trinajstić information content (AvgIpc) is 3.07. The zero-order chi connectivity index (χ0) is 17.8. The van der Waals surface area contributed by atoms with Crippen LogP contribution in [0.15, 0.2) is 48.3 Å². The number of amides is 1. The molecule has 3 aromatic rings. The molecule has 0 unspecified atom stereocenters. The molecule has 1 amide bonds. The second-order valence-electron chi connectivity index (χ2n) is 5.46. The van der Waals surface area contributed by atoms with Gasteiger partial charge in [0.05, 0.1) is 6.20 Å². The summed E-state index contributed by atoms with van der Waals surface area (Å²) >= 11 is 0. The molecule has 0 atom stereocenters. The van der Waals surface area contributed by atoms with E-state index in [-0.39, 0.29) is 11.5 Å². The summed E-state index contributed by atoms with van der Waals surface area (Å²) < 4.78 is 5.72. The number of hydrogen-bond donors (Lipinski definition) is 1. The third kappa shape index (κ3) is 3.64. The molecular formula is C18H15N5O2. The first-order valence-corrected chi connectivity index (χ1v) is 7.48. The third-order valence-electron chi connectivity index (χ3n) is 3.39. The van der Waals surface area contributed by atoms with Crippen molar-refractivity contribution in [2.24, 2.45) is 0 Å². The molecule has 1 aromatic carbocycles. The smallest absolute Gasteiger partial charge is 0.264 e. The lowest BCUT2D eigenvalue weighted by molar-refractivity contribution is -0.124. The fourth-order valence-electron chi connectivity index (χ4n) is 2.20. The van der Waals surface area contributed by atoms with Crippen LogP contribution in [-0.2, 0) is 4.79 Å². The maximum Gasteiger partial charge on any atom is 0.264 e. The Labute approximate surface area is 144 Å². The zero-order valence-corrected chi connectivity index (χ0v) is 13.7. The molecule has 0 aliphatic heterocycles. The van der Waals surface area contributed by atoms with Crippen LogP contribution in [-0.4, -0.2) is 39.9 Å². The van der Waals surface area contributed by atoms with E-state index in [1.165, 1.54) is 17.2 Å². The van der Waals surface area contributed by atoms with Gasteiger partial charge in [-0.1, -0.05) is 12.1 Å². The summed E-state index contributed by atoms with van der Waals surface area (Å²) in [6.07, 6.45) is 4.80. The highest BCUT2D eigenvalue weighted by Gasteiger charge is 2.11. The van der Waals surface area contributed by atoms with Gasteiger partial charge in [-0.25, -0.2) is 9.97 Å². The molecule has 124 valence electrons. The lowest BCUT2D eigenvalue weighted by Gasteiger charge is -2.09. The van der Waals surface area contributed by atoms with E-state index in [1.54, 1.807) is 50.6 Å². The summed E-state index contributed by atoms with van der Waals surface area (Å²) in [4.78, 5) is 24.8. The molecule has 0 bridgehead atoms. The summed E-state index contributed by atoms with van der Waals surface area (Å²) in [6.45, 7) is 0. The molecule has 3 rings (SSSR count). The van der Waals surface area contributed by atoms with Gasteiger partial charge in [-0.2, -0.15) is 5.26 Å². The van der Waals surface area contributed by atoms with E-state index < -0.39 is 0 Å². The molecule has 0 saturated carbocycles. The number of hydrogen-bond acceptors (Lipinski definition) is 5. The van der Waals surface area contributed by atoms with Gasteiger partial charge >= 0.3 is 0 Å². The fraction of sp³-hybridized carbons (Fsp3) is 0.111. The molecule has 2 aromatic heterocycles. The second-order valence-corrected chi connectivity index (χ2v) is 5.46. The summed E-state index contributed by atoms with van der Waals surface area (Å²) in [6, 6.07) is 10.8. The first kappa shape index (κ1) is 16.2. The number of aromatic nitrogens is 3. The lowest BCUT2D eigenvalue weighted by atomic mass is 10.1. The van der Waals surface area contributed by atoms with E-state index in [2.05, 4.69) is 15.0 Å². The fourth-order valence-corrected chi connectivity index (χ4v) is 2.20.